The van der Waals surface area contributed by atoms with Gasteiger partial charge >= 0.3 is 6.18 Å². The molecule has 1 amide bonds. The Balaban J connectivity index is 1.29. The molecular weight excluding hydrogens is 607 g/mol. The predicted molar refractivity (Wildman–Crippen MR) is 170 cm³/mol. The summed E-state index contributed by atoms with van der Waals surface area (Å²) in [7, 11) is 0.00797. The van der Waals surface area contributed by atoms with Crippen molar-refractivity contribution in [3.63, 3.8) is 0 Å². The number of nitrogens with zero attached hydrogens (tertiary/aromatic N) is 2. The smallest absolute Gasteiger partial charge is 0.406 e. The minimum absolute atomic E-state index is 0.138. The third-order valence-electron chi connectivity index (χ3n) is 8.61. The Hall–Kier alpha value is -3.89. The van der Waals surface area contributed by atoms with Crippen LogP contribution in [0.4, 0.5) is 24.5 Å². The van der Waals surface area contributed by atoms with E-state index in [0.29, 0.717) is 47.0 Å². The first-order chi connectivity index (χ1) is 21.4. The van der Waals surface area contributed by atoms with Crippen molar-refractivity contribution in [3.8, 4) is 17.6 Å². The van der Waals surface area contributed by atoms with Gasteiger partial charge in [0.2, 0.25) is 0 Å². The molecule has 1 aliphatic carbocycles. The predicted octanol–water partition coefficient (Wildman–Crippen LogP) is 4.49. The van der Waals surface area contributed by atoms with Crippen LogP contribution in [0, 0.1) is 11.8 Å². The van der Waals surface area contributed by atoms with Crippen LogP contribution in [-0.4, -0.2) is 87.3 Å². The number of likely N-dealkylation sites (tertiary alicyclic amines) is 1. The van der Waals surface area contributed by atoms with E-state index in [1.54, 1.807) is 36.4 Å². The molecule has 2 heterocycles. The van der Waals surface area contributed by atoms with Crippen LogP contribution in [0.15, 0.2) is 42.5 Å². The van der Waals surface area contributed by atoms with Gasteiger partial charge in [-0.1, -0.05) is 12.0 Å². The number of carbonyl (C=O) groups excluding carboxylic acids is 1. The average Bonchev–Trinajstić information content (AvgIpc) is 3.30. The number of rotatable bonds is 9. The van der Waals surface area contributed by atoms with E-state index >= 15 is 0 Å². The van der Waals surface area contributed by atoms with Crippen molar-refractivity contribution < 1.29 is 31.1 Å². The van der Waals surface area contributed by atoms with E-state index in [2.05, 4.69) is 32.7 Å². The quantitative estimate of drug-likeness (QED) is 0.295. The van der Waals surface area contributed by atoms with E-state index in [-0.39, 0.29) is 29.4 Å². The number of fused-ring (bicyclic) bond motifs is 1. The van der Waals surface area contributed by atoms with Crippen LogP contribution in [0.5, 0.6) is 5.75 Å². The van der Waals surface area contributed by atoms with Gasteiger partial charge in [-0.25, -0.2) is 8.42 Å². The second-order valence-corrected chi connectivity index (χ2v) is 14.0. The lowest BCUT2D eigenvalue weighted by Gasteiger charge is -2.46. The van der Waals surface area contributed by atoms with E-state index in [4.69, 9.17) is 4.74 Å². The monoisotopic (exact) mass is 645 g/mol. The van der Waals surface area contributed by atoms with E-state index in [1.165, 1.54) is 25.0 Å². The number of hydrogen-bond acceptors (Lipinski definition) is 7. The summed E-state index contributed by atoms with van der Waals surface area (Å²) in [6.07, 6.45) is 0.493. The standard InChI is InChI=1S/C32H38F3N5O4S/c1-36-31(41)21-9-14-28(30(16-21)44-2)37-15-5-6-24-17-26-27(7-4-8-29(26)40(24)20-32(33,34)35)38-22-10-12-23(13-11-22)39-18-25(19-39)45(3,42)43/h4,7-9,14,16-17,22-23,25,37-38H,10-13,15,18-20H2,1-3H3,(H,36,41)/t22-,23+. The van der Waals surface area contributed by atoms with Gasteiger partial charge in [0.05, 0.1) is 35.8 Å². The lowest BCUT2D eigenvalue weighted by atomic mass is 9.88. The van der Waals surface area contributed by atoms with Crippen molar-refractivity contribution in [1.29, 1.82) is 0 Å². The number of hydrogen-bond donors (Lipinski definition) is 3. The number of sulfone groups is 1. The summed E-state index contributed by atoms with van der Waals surface area (Å²) >= 11 is 0. The molecule has 45 heavy (non-hydrogen) atoms. The zero-order chi connectivity index (χ0) is 32.4. The van der Waals surface area contributed by atoms with Crippen molar-refractivity contribution in [2.45, 2.75) is 55.7 Å². The summed E-state index contributed by atoms with van der Waals surface area (Å²) in [6.45, 7) is 0.149. The largest absolute Gasteiger partial charge is 0.495 e. The maximum atomic E-state index is 13.7. The van der Waals surface area contributed by atoms with Crippen molar-refractivity contribution >= 4 is 38.0 Å². The van der Waals surface area contributed by atoms with Crippen LogP contribution in [0.25, 0.3) is 10.9 Å². The third kappa shape index (κ3) is 7.68. The number of carbonyl (C=O) groups is 1. The second kappa shape index (κ2) is 13.2. The summed E-state index contributed by atoms with van der Waals surface area (Å²) in [5.74, 6) is 6.03. The molecule has 0 atom stereocenters. The molecule has 3 N–H and O–H groups in total. The number of alkyl halides is 3. The van der Waals surface area contributed by atoms with E-state index in [0.717, 1.165) is 31.4 Å². The molecule has 2 fully saturated rings. The minimum atomic E-state index is -4.44. The van der Waals surface area contributed by atoms with Gasteiger partial charge in [-0.05, 0) is 68.0 Å². The van der Waals surface area contributed by atoms with Crippen LogP contribution >= 0.6 is 0 Å². The van der Waals surface area contributed by atoms with Gasteiger partial charge in [-0.2, -0.15) is 13.2 Å². The number of ether oxygens (including phenoxy) is 1. The zero-order valence-electron chi connectivity index (χ0n) is 25.5. The fraction of sp³-hybridized carbons (Fsp3) is 0.469. The number of aromatic nitrogens is 1. The lowest BCUT2D eigenvalue weighted by Crippen LogP contribution is -2.59. The number of halogens is 3. The molecule has 0 unspecified atom stereocenters. The molecule has 0 radical (unpaired) electrons. The van der Waals surface area contributed by atoms with Crippen molar-refractivity contribution in [2.75, 3.05) is 50.7 Å². The molecule has 0 bridgehead atoms. The van der Waals surface area contributed by atoms with Gasteiger partial charge in [0.1, 0.15) is 12.3 Å². The summed E-state index contributed by atoms with van der Waals surface area (Å²) in [5.41, 5.74) is 2.49. The van der Waals surface area contributed by atoms with Crippen molar-refractivity contribution in [3.05, 3.63) is 53.7 Å². The summed E-state index contributed by atoms with van der Waals surface area (Å²) in [6, 6.07) is 12.4. The molecule has 2 aromatic carbocycles. The zero-order valence-corrected chi connectivity index (χ0v) is 26.3. The number of amides is 1. The molecule has 3 aromatic rings. The molecule has 2 aliphatic rings. The van der Waals surface area contributed by atoms with Crippen molar-refractivity contribution in [2.24, 2.45) is 0 Å². The van der Waals surface area contributed by atoms with Crippen LogP contribution in [0.1, 0.15) is 41.7 Å². The summed E-state index contributed by atoms with van der Waals surface area (Å²) < 4.78 is 71.1. The highest BCUT2D eigenvalue weighted by molar-refractivity contribution is 7.91. The Bertz CT molecular complexity index is 1710. The molecule has 0 spiro atoms. The van der Waals surface area contributed by atoms with Gasteiger partial charge in [-0.3, -0.25) is 9.69 Å². The highest BCUT2D eigenvalue weighted by Gasteiger charge is 2.39. The first kappa shape index (κ1) is 32.5. The Morgan fingerprint density at radius 3 is 2.44 bits per heavy atom. The molecule has 242 valence electrons. The highest BCUT2D eigenvalue weighted by atomic mass is 32.2. The number of benzene rings is 2. The highest BCUT2D eigenvalue weighted by Crippen LogP contribution is 2.34. The maximum Gasteiger partial charge on any atom is 0.406 e. The first-order valence-corrected chi connectivity index (χ1v) is 16.8. The topological polar surface area (TPSA) is 105 Å². The molecule has 1 aliphatic heterocycles. The van der Waals surface area contributed by atoms with Crippen LogP contribution in [0.3, 0.4) is 0 Å². The minimum Gasteiger partial charge on any atom is -0.495 e. The first-order valence-electron chi connectivity index (χ1n) is 14.9. The fourth-order valence-electron chi connectivity index (χ4n) is 6.10. The van der Waals surface area contributed by atoms with Gasteiger partial charge in [0.15, 0.2) is 9.84 Å². The lowest BCUT2D eigenvalue weighted by molar-refractivity contribution is -0.140. The Morgan fingerprint density at radius 1 is 1.07 bits per heavy atom. The van der Waals surface area contributed by atoms with Gasteiger partial charge in [-0.15, -0.1) is 0 Å². The average molecular weight is 646 g/mol. The van der Waals surface area contributed by atoms with E-state index < -0.39 is 22.6 Å². The Labute approximate surface area is 261 Å². The summed E-state index contributed by atoms with van der Waals surface area (Å²) in [5, 5.41) is 9.62. The van der Waals surface area contributed by atoms with Gasteiger partial charge in [0, 0.05) is 55.1 Å². The number of anilines is 2. The SMILES string of the molecule is CNC(=O)c1ccc(NCC#Cc2cc3c(N[C@H]4CC[C@@H](N5CC(S(C)(=O)=O)C5)CC4)cccc3n2CC(F)(F)F)c(OC)c1. The molecule has 9 nitrogen and oxygen atoms in total. The number of nitrogens with one attached hydrogen (secondary N) is 3. The second-order valence-electron chi connectivity index (χ2n) is 11.7. The molecule has 1 aromatic heterocycles. The van der Waals surface area contributed by atoms with Crippen molar-refractivity contribution in [1.82, 2.24) is 14.8 Å². The third-order valence-corrected chi connectivity index (χ3v) is 10.1. The Kier molecular flexibility index (Phi) is 9.55. The van der Waals surface area contributed by atoms with Gasteiger partial charge in [0.25, 0.3) is 5.91 Å². The maximum absolute atomic E-state index is 13.7. The Morgan fingerprint density at radius 2 is 1.80 bits per heavy atom. The molecule has 5 rings (SSSR count). The van der Waals surface area contributed by atoms with Crippen LogP contribution in [-0.2, 0) is 16.4 Å². The molecule has 1 saturated carbocycles. The van der Waals surface area contributed by atoms with Crippen LogP contribution < -0.4 is 20.7 Å². The van der Waals surface area contributed by atoms with Gasteiger partial charge < -0.3 is 25.3 Å². The summed E-state index contributed by atoms with van der Waals surface area (Å²) in [4.78, 5) is 14.2. The molecular formula is C32H38F3N5O4S. The van der Waals surface area contributed by atoms with E-state index in [9.17, 15) is 26.4 Å². The normalized spacial score (nSPS) is 19.3. The molecule has 13 heteroatoms. The van der Waals surface area contributed by atoms with E-state index in [1.807, 2.05) is 6.07 Å². The molecule has 1 saturated heterocycles. The van der Waals surface area contributed by atoms with Crippen LogP contribution in [0.2, 0.25) is 0 Å². The number of methoxy groups -OCH3 is 1. The fourth-order valence-corrected chi connectivity index (χ4v) is 7.03.